The fourth-order valence-corrected chi connectivity index (χ4v) is 2.37. The predicted octanol–water partition coefficient (Wildman–Crippen LogP) is 4.78. The zero-order chi connectivity index (χ0) is 13.7. The van der Waals surface area contributed by atoms with Gasteiger partial charge in [-0.2, -0.15) is 0 Å². The molecule has 0 heterocycles. The molecule has 1 unspecified atom stereocenters. The van der Waals surface area contributed by atoms with Gasteiger partial charge in [-0.05, 0) is 47.4 Å². The lowest BCUT2D eigenvalue weighted by Gasteiger charge is -2.19. The van der Waals surface area contributed by atoms with Crippen LogP contribution in [0.4, 0.5) is 0 Å². The van der Waals surface area contributed by atoms with Crippen LogP contribution in [0.1, 0.15) is 81.9 Å². The summed E-state index contributed by atoms with van der Waals surface area (Å²) >= 11 is 0. The van der Waals surface area contributed by atoms with Gasteiger partial charge < -0.3 is 5.73 Å². The number of rotatable bonds is 6. The lowest BCUT2D eigenvalue weighted by atomic mass is 9.87. The van der Waals surface area contributed by atoms with Crippen LogP contribution >= 0.6 is 0 Å². The smallest absolute Gasteiger partial charge is 0.000824 e. The number of hydrogen-bond acceptors (Lipinski definition) is 1. The normalized spacial score (nSPS) is 13.3. The molecule has 0 fully saturated rings. The van der Waals surface area contributed by atoms with Crippen LogP contribution in [-0.2, 0) is 0 Å². The molecule has 0 saturated carbocycles. The summed E-state index contributed by atoms with van der Waals surface area (Å²) in [6.07, 6.45) is 2.39. The van der Waals surface area contributed by atoms with Crippen molar-refractivity contribution in [3.8, 4) is 0 Å². The van der Waals surface area contributed by atoms with Gasteiger partial charge in [-0.15, -0.1) is 0 Å². The van der Waals surface area contributed by atoms with Gasteiger partial charge in [0.1, 0.15) is 0 Å². The molecule has 0 aliphatic carbocycles. The number of hydrogen-bond donors (Lipinski definition) is 1. The second-order valence-electron chi connectivity index (χ2n) is 5.96. The summed E-state index contributed by atoms with van der Waals surface area (Å²) < 4.78 is 0. The van der Waals surface area contributed by atoms with Crippen molar-refractivity contribution in [2.45, 2.75) is 65.2 Å². The van der Waals surface area contributed by atoms with Crippen LogP contribution in [0.2, 0.25) is 0 Å². The molecule has 0 radical (unpaired) electrons. The van der Waals surface area contributed by atoms with Crippen molar-refractivity contribution >= 4 is 0 Å². The van der Waals surface area contributed by atoms with Crippen molar-refractivity contribution in [3.05, 3.63) is 34.9 Å². The van der Waals surface area contributed by atoms with E-state index in [1.807, 2.05) is 0 Å². The molecule has 102 valence electrons. The summed E-state index contributed by atoms with van der Waals surface area (Å²) in [5.74, 6) is 1.69. The first-order chi connectivity index (χ1) is 8.49. The summed E-state index contributed by atoms with van der Waals surface area (Å²) in [5, 5.41) is 0. The van der Waals surface area contributed by atoms with E-state index in [1.54, 1.807) is 0 Å². The Labute approximate surface area is 113 Å². The molecule has 0 aromatic heterocycles. The summed E-state index contributed by atoms with van der Waals surface area (Å²) in [6.45, 7) is 12.0. The van der Waals surface area contributed by atoms with Crippen molar-refractivity contribution in [2.24, 2.45) is 5.73 Å². The van der Waals surface area contributed by atoms with Gasteiger partial charge in [0.05, 0.1) is 0 Å². The van der Waals surface area contributed by atoms with E-state index in [1.165, 1.54) is 29.5 Å². The minimum atomic E-state index is 0.520. The van der Waals surface area contributed by atoms with Crippen LogP contribution in [0.15, 0.2) is 18.2 Å². The van der Waals surface area contributed by atoms with Gasteiger partial charge in [-0.25, -0.2) is 0 Å². The zero-order valence-electron chi connectivity index (χ0n) is 12.7. The average molecular weight is 247 g/mol. The van der Waals surface area contributed by atoms with E-state index in [2.05, 4.69) is 52.8 Å². The molecule has 1 nitrogen and oxygen atoms in total. The molecule has 0 aliphatic heterocycles. The topological polar surface area (TPSA) is 26.0 Å². The number of nitrogens with two attached hydrogens (primary N) is 1. The third kappa shape index (κ3) is 3.84. The summed E-state index contributed by atoms with van der Waals surface area (Å²) in [6, 6.07) is 7.09. The van der Waals surface area contributed by atoms with Crippen LogP contribution in [0.5, 0.6) is 0 Å². The molecule has 1 rings (SSSR count). The molecule has 0 aliphatic rings. The maximum Gasteiger partial charge on any atom is -0.000824 e. The van der Waals surface area contributed by atoms with Gasteiger partial charge in [0, 0.05) is 0 Å². The molecule has 1 heteroatoms. The quantitative estimate of drug-likeness (QED) is 0.769. The molecular weight excluding hydrogens is 218 g/mol. The summed E-state index contributed by atoms with van der Waals surface area (Å²) in [7, 11) is 0. The second-order valence-corrected chi connectivity index (χ2v) is 5.96. The molecule has 0 saturated heterocycles. The molecule has 1 aromatic carbocycles. The van der Waals surface area contributed by atoms with E-state index in [-0.39, 0.29) is 0 Å². The first kappa shape index (κ1) is 15.2. The molecular formula is C17H29N. The largest absolute Gasteiger partial charge is 0.330 e. The van der Waals surface area contributed by atoms with Gasteiger partial charge in [-0.3, -0.25) is 0 Å². The van der Waals surface area contributed by atoms with Gasteiger partial charge in [-0.1, -0.05) is 59.2 Å². The SMILES string of the molecule is CCCC(CN)c1cc(C(C)C)cc(C(C)C)c1. The van der Waals surface area contributed by atoms with E-state index in [4.69, 9.17) is 5.73 Å². The van der Waals surface area contributed by atoms with Crippen LogP contribution in [0.25, 0.3) is 0 Å². The highest BCUT2D eigenvalue weighted by molar-refractivity contribution is 5.35. The highest BCUT2D eigenvalue weighted by atomic mass is 14.5. The molecule has 1 atom stereocenters. The van der Waals surface area contributed by atoms with Crippen molar-refractivity contribution in [2.75, 3.05) is 6.54 Å². The molecule has 2 N–H and O–H groups in total. The molecule has 0 bridgehead atoms. The van der Waals surface area contributed by atoms with Crippen LogP contribution in [0, 0.1) is 0 Å². The van der Waals surface area contributed by atoms with Crippen molar-refractivity contribution in [3.63, 3.8) is 0 Å². The zero-order valence-corrected chi connectivity index (χ0v) is 12.7. The lowest BCUT2D eigenvalue weighted by molar-refractivity contribution is 0.619. The first-order valence-electron chi connectivity index (χ1n) is 7.34. The molecule has 1 aromatic rings. The van der Waals surface area contributed by atoms with E-state index < -0.39 is 0 Å². The summed E-state index contributed by atoms with van der Waals surface area (Å²) in [5.41, 5.74) is 10.3. The Balaban J connectivity index is 3.16. The number of benzene rings is 1. The molecule has 0 spiro atoms. The Morgan fingerprint density at radius 1 is 0.889 bits per heavy atom. The maximum absolute atomic E-state index is 5.94. The van der Waals surface area contributed by atoms with Gasteiger partial charge in [0.25, 0.3) is 0 Å². The Kier molecular flexibility index (Phi) is 5.87. The van der Waals surface area contributed by atoms with Crippen LogP contribution in [-0.4, -0.2) is 6.54 Å². The Bertz CT molecular complexity index is 340. The first-order valence-corrected chi connectivity index (χ1v) is 7.34. The van der Waals surface area contributed by atoms with Crippen LogP contribution < -0.4 is 5.73 Å². The minimum Gasteiger partial charge on any atom is -0.330 e. The van der Waals surface area contributed by atoms with E-state index >= 15 is 0 Å². The Hall–Kier alpha value is -0.820. The third-order valence-electron chi connectivity index (χ3n) is 3.73. The predicted molar refractivity (Wildman–Crippen MR) is 81.3 cm³/mol. The van der Waals surface area contributed by atoms with Crippen molar-refractivity contribution in [1.82, 2.24) is 0 Å². The standard InChI is InChI=1S/C17H29N/c1-6-7-14(11-18)17-9-15(12(2)3)8-16(10-17)13(4)5/h8-10,12-14H,6-7,11,18H2,1-5H3. The third-order valence-corrected chi connectivity index (χ3v) is 3.73. The fraction of sp³-hybridized carbons (Fsp3) is 0.647. The molecule has 18 heavy (non-hydrogen) atoms. The monoisotopic (exact) mass is 247 g/mol. The lowest BCUT2D eigenvalue weighted by Crippen LogP contribution is -2.13. The van der Waals surface area contributed by atoms with Gasteiger partial charge in [0.2, 0.25) is 0 Å². The van der Waals surface area contributed by atoms with E-state index in [9.17, 15) is 0 Å². The van der Waals surface area contributed by atoms with Gasteiger partial charge in [0.15, 0.2) is 0 Å². The van der Waals surface area contributed by atoms with E-state index in [0.717, 1.165) is 6.54 Å². The second kappa shape index (κ2) is 6.94. The summed E-state index contributed by atoms with van der Waals surface area (Å²) in [4.78, 5) is 0. The average Bonchev–Trinajstić information content (AvgIpc) is 2.35. The van der Waals surface area contributed by atoms with Gasteiger partial charge >= 0.3 is 0 Å². The Morgan fingerprint density at radius 2 is 1.33 bits per heavy atom. The van der Waals surface area contributed by atoms with E-state index in [0.29, 0.717) is 17.8 Å². The fourth-order valence-electron chi connectivity index (χ4n) is 2.37. The van der Waals surface area contributed by atoms with Crippen LogP contribution in [0.3, 0.4) is 0 Å². The highest BCUT2D eigenvalue weighted by Crippen LogP contribution is 2.28. The van der Waals surface area contributed by atoms with Crippen molar-refractivity contribution in [1.29, 1.82) is 0 Å². The van der Waals surface area contributed by atoms with Crippen molar-refractivity contribution < 1.29 is 0 Å². The molecule has 0 amide bonds. The maximum atomic E-state index is 5.94. The highest BCUT2D eigenvalue weighted by Gasteiger charge is 2.13. The minimum absolute atomic E-state index is 0.520. The Morgan fingerprint density at radius 3 is 1.67 bits per heavy atom.